The van der Waals surface area contributed by atoms with Crippen molar-refractivity contribution in [3.63, 3.8) is 0 Å². The number of carbonyl (C=O) groups is 1. The number of hydrogen-bond acceptors (Lipinski definition) is 3. The Hall–Kier alpha value is -1.97. The number of carboxylic acid groups (broad SMARTS) is 1. The van der Waals surface area contributed by atoms with E-state index in [1.165, 1.54) is 13.2 Å². The fraction of sp³-hybridized carbons (Fsp3) is 0.533. The molecule has 1 saturated heterocycles. The predicted molar refractivity (Wildman–Crippen MR) is 76.4 cm³/mol. The fourth-order valence-electron chi connectivity index (χ4n) is 2.08. The lowest BCUT2D eigenvalue weighted by Crippen LogP contribution is -2.42. The van der Waals surface area contributed by atoms with Crippen LogP contribution in [0.3, 0.4) is 0 Å². The van der Waals surface area contributed by atoms with Gasteiger partial charge in [0.25, 0.3) is 0 Å². The molecule has 4 nitrogen and oxygen atoms in total. The van der Waals surface area contributed by atoms with E-state index in [1.807, 2.05) is 0 Å². The number of hydrogen-bond donors (Lipinski definition) is 2. The van der Waals surface area contributed by atoms with Gasteiger partial charge in [-0.15, -0.1) is 0 Å². The summed E-state index contributed by atoms with van der Waals surface area (Å²) >= 11 is 0. The summed E-state index contributed by atoms with van der Waals surface area (Å²) in [6, 6.07) is 4.19. The maximum atomic E-state index is 12.9. The Morgan fingerprint density at radius 2 is 1.80 bits per heavy atom. The van der Waals surface area contributed by atoms with Crippen LogP contribution in [0.4, 0.5) is 26.3 Å². The third kappa shape index (κ3) is 6.81. The summed E-state index contributed by atoms with van der Waals surface area (Å²) in [6.07, 6.45) is -8.14. The molecule has 1 aliphatic rings. The van der Waals surface area contributed by atoms with Crippen LogP contribution in [0, 0.1) is 5.92 Å². The number of carboxylic acids is 1. The minimum atomic E-state index is -5.08. The smallest absolute Gasteiger partial charge is 0.490 e. The first kappa shape index (κ1) is 21.1. The number of rotatable bonds is 4. The van der Waals surface area contributed by atoms with E-state index in [0.717, 1.165) is 25.6 Å². The van der Waals surface area contributed by atoms with Crippen LogP contribution in [0.5, 0.6) is 5.75 Å². The summed E-state index contributed by atoms with van der Waals surface area (Å²) in [5.41, 5.74) is -0.218. The van der Waals surface area contributed by atoms with Gasteiger partial charge in [-0.3, -0.25) is 0 Å². The van der Waals surface area contributed by atoms with Crippen LogP contribution >= 0.6 is 0 Å². The topological polar surface area (TPSA) is 58.6 Å². The van der Waals surface area contributed by atoms with Crippen molar-refractivity contribution < 1.29 is 41.0 Å². The van der Waals surface area contributed by atoms with Crippen LogP contribution in [-0.2, 0) is 17.4 Å². The summed E-state index contributed by atoms with van der Waals surface area (Å²) in [5, 5.41) is 10.2. The van der Waals surface area contributed by atoms with Crippen LogP contribution in [0.2, 0.25) is 0 Å². The van der Waals surface area contributed by atoms with E-state index in [2.05, 4.69) is 5.32 Å². The Balaban J connectivity index is 0.000000381. The molecule has 0 spiro atoms. The van der Waals surface area contributed by atoms with Gasteiger partial charge in [0.1, 0.15) is 5.75 Å². The maximum absolute atomic E-state index is 12.9. The van der Waals surface area contributed by atoms with E-state index in [-0.39, 0.29) is 5.75 Å². The number of benzene rings is 1. The number of alkyl halides is 6. The number of aliphatic carboxylic acids is 1. The molecule has 0 saturated carbocycles. The number of nitrogens with one attached hydrogen (secondary N) is 1. The van der Waals surface area contributed by atoms with E-state index in [9.17, 15) is 26.3 Å². The summed E-state index contributed by atoms with van der Waals surface area (Å²) in [6.45, 7) is 1.83. The Labute approximate surface area is 139 Å². The molecule has 2 rings (SSSR count). The van der Waals surface area contributed by atoms with E-state index in [4.69, 9.17) is 14.6 Å². The van der Waals surface area contributed by atoms with Crippen molar-refractivity contribution in [1.29, 1.82) is 0 Å². The number of halogens is 6. The van der Waals surface area contributed by atoms with Gasteiger partial charge < -0.3 is 15.2 Å². The van der Waals surface area contributed by atoms with Crippen molar-refractivity contribution in [3.8, 4) is 5.75 Å². The highest BCUT2D eigenvalue weighted by atomic mass is 19.4. The average Bonchev–Trinajstić information content (AvgIpc) is 2.44. The van der Waals surface area contributed by atoms with Gasteiger partial charge in [-0.25, -0.2) is 4.79 Å². The van der Waals surface area contributed by atoms with E-state index in [0.29, 0.717) is 17.9 Å². The highest BCUT2D eigenvalue weighted by Crippen LogP contribution is 2.35. The first-order valence-electron chi connectivity index (χ1n) is 7.20. The van der Waals surface area contributed by atoms with E-state index in [1.54, 1.807) is 6.07 Å². The van der Waals surface area contributed by atoms with Gasteiger partial charge in [0.2, 0.25) is 0 Å². The van der Waals surface area contributed by atoms with Gasteiger partial charge in [0, 0.05) is 0 Å². The summed E-state index contributed by atoms with van der Waals surface area (Å²) in [4.78, 5) is 8.90. The molecule has 0 atom stereocenters. The Bertz CT molecular complexity index is 582. The SMILES string of the molecule is COc1ccc(CCC2CNC2)c(C(F)(F)F)c1.O=C(O)C(F)(F)F. The second kappa shape index (κ2) is 8.41. The van der Waals surface area contributed by atoms with Crippen molar-refractivity contribution >= 4 is 5.97 Å². The van der Waals surface area contributed by atoms with E-state index < -0.39 is 23.9 Å². The molecule has 10 heteroatoms. The molecule has 0 aliphatic carbocycles. The highest BCUT2D eigenvalue weighted by molar-refractivity contribution is 5.73. The second-order valence-corrected chi connectivity index (χ2v) is 5.39. The molecule has 1 heterocycles. The Kier molecular flexibility index (Phi) is 7.09. The van der Waals surface area contributed by atoms with Gasteiger partial charge in [-0.1, -0.05) is 6.07 Å². The molecule has 0 bridgehead atoms. The van der Waals surface area contributed by atoms with Crippen molar-refractivity contribution in [2.75, 3.05) is 20.2 Å². The Morgan fingerprint density at radius 3 is 2.16 bits per heavy atom. The van der Waals surface area contributed by atoms with E-state index >= 15 is 0 Å². The molecule has 25 heavy (non-hydrogen) atoms. The van der Waals surface area contributed by atoms with Crippen molar-refractivity contribution in [2.24, 2.45) is 5.92 Å². The van der Waals surface area contributed by atoms with Crippen molar-refractivity contribution in [1.82, 2.24) is 5.32 Å². The third-order valence-corrected chi connectivity index (χ3v) is 3.55. The first-order chi connectivity index (χ1) is 11.4. The largest absolute Gasteiger partial charge is 0.497 e. The standard InChI is InChI=1S/C13H16F3NO.C2HF3O2/c1-18-11-5-4-10(3-2-9-7-17-8-9)12(6-11)13(14,15)16;3-2(4,5)1(6)7/h4-6,9,17H,2-3,7-8H2,1H3;(H,6,7). The number of aryl methyl sites for hydroxylation is 1. The van der Waals surface area contributed by atoms with Gasteiger partial charge in [-0.2, -0.15) is 26.3 Å². The van der Waals surface area contributed by atoms with Crippen LogP contribution in [0.1, 0.15) is 17.5 Å². The van der Waals surface area contributed by atoms with Crippen LogP contribution in [0.25, 0.3) is 0 Å². The van der Waals surface area contributed by atoms with Gasteiger partial charge in [0.05, 0.1) is 12.7 Å². The van der Waals surface area contributed by atoms with Gasteiger partial charge in [-0.05, 0) is 49.5 Å². The monoisotopic (exact) mass is 373 g/mol. The zero-order valence-electron chi connectivity index (χ0n) is 13.2. The van der Waals surface area contributed by atoms with Crippen molar-refractivity contribution in [3.05, 3.63) is 29.3 Å². The molecular formula is C15H17F6NO3. The normalized spacial score (nSPS) is 15.0. The molecular weight excluding hydrogens is 356 g/mol. The summed E-state index contributed by atoms with van der Waals surface area (Å²) in [5.74, 6) is -2.00. The molecule has 0 unspecified atom stereocenters. The average molecular weight is 373 g/mol. The van der Waals surface area contributed by atoms with Crippen LogP contribution in [-0.4, -0.2) is 37.5 Å². The zero-order chi connectivity index (χ0) is 19.3. The molecule has 1 fully saturated rings. The minimum Gasteiger partial charge on any atom is -0.497 e. The van der Waals surface area contributed by atoms with Crippen molar-refractivity contribution in [2.45, 2.75) is 25.2 Å². The second-order valence-electron chi connectivity index (χ2n) is 5.39. The maximum Gasteiger partial charge on any atom is 0.490 e. The number of ether oxygens (including phenoxy) is 1. The van der Waals surface area contributed by atoms with Gasteiger partial charge in [0.15, 0.2) is 0 Å². The molecule has 2 N–H and O–H groups in total. The van der Waals surface area contributed by atoms with Gasteiger partial charge >= 0.3 is 18.3 Å². The lowest BCUT2D eigenvalue weighted by molar-refractivity contribution is -0.192. The quantitative estimate of drug-likeness (QED) is 0.794. The Morgan fingerprint density at radius 1 is 1.24 bits per heavy atom. The molecule has 142 valence electrons. The highest BCUT2D eigenvalue weighted by Gasteiger charge is 2.38. The van der Waals surface area contributed by atoms with Crippen LogP contribution < -0.4 is 10.1 Å². The minimum absolute atomic E-state index is 0.247. The lowest BCUT2D eigenvalue weighted by atomic mass is 9.92. The fourth-order valence-corrected chi connectivity index (χ4v) is 2.08. The van der Waals surface area contributed by atoms with Crippen LogP contribution in [0.15, 0.2) is 18.2 Å². The molecule has 0 radical (unpaired) electrons. The third-order valence-electron chi connectivity index (χ3n) is 3.55. The number of methoxy groups -OCH3 is 1. The molecule has 1 aromatic rings. The molecule has 1 aliphatic heterocycles. The molecule has 0 aromatic heterocycles. The predicted octanol–water partition coefficient (Wildman–Crippen LogP) is 3.50. The molecule has 0 amide bonds. The first-order valence-corrected chi connectivity index (χ1v) is 7.20. The lowest BCUT2D eigenvalue weighted by Gasteiger charge is -2.27. The summed E-state index contributed by atoms with van der Waals surface area (Å²) < 4.78 is 75.3. The zero-order valence-corrected chi connectivity index (χ0v) is 13.2. The summed E-state index contributed by atoms with van der Waals surface area (Å²) in [7, 11) is 1.37. The molecule has 1 aromatic carbocycles.